The molecule has 4 heteroatoms. The smallest absolute Gasteiger partial charge is 0.148 e. The molecule has 2 N–H and O–H groups in total. The number of anilines is 1. The predicted octanol–water partition coefficient (Wildman–Crippen LogP) is 0.659. The average Bonchev–Trinajstić information content (AvgIpc) is 2.06. The van der Waals surface area contributed by atoms with Crippen LogP contribution in [0.15, 0.2) is 18.3 Å². The summed E-state index contributed by atoms with van der Waals surface area (Å²) in [6.45, 7) is 2.18. The van der Waals surface area contributed by atoms with Crippen LogP contribution < -0.4 is 5.32 Å². The summed E-state index contributed by atoms with van der Waals surface area (Å²) < 4.78 is 0. The van der Waals surface area contributed by atoms with Gasteiger partial charge in [-0.25, -0.2) is 0 Å². The third-order valence-electron chi connectivity index (χ3n) is 1.53. The molecule has 1 aromatic heterocycles. The van der Waals surface area contributed by atoms with E-state index in [0.29, 0.717) is 0 Å². The zero-order valence-electron chi connectivity index (χ0n) is 7.07. The minimum atomic E-state index is 0.189. The summed E-state index contributed by atoms with van der Waals surface area (Å²) in [7, 11) is 0. The molecule has 0 aliphatic carbocycles. The Bertz CT molecular complexity index is 215. The molecule has 0 aliphatic heterocycles. The van der Waals surface area contributed by atoms with Crippen molar-refractivity contribution in [2.75, 3.05) is 11.9 Å². The van der Waals surface area contributed by atoms with Crippen LogP contribution in [-0.4, -0.2) is 28.0 Å². The summed E-state index contributed by atoms with van der Waals surface area (Å²) in [5, 5.41) is 19.3. The van der Waals surface area contributed by atoms with E-state index in [-0.39, 0.29) is 12.6 Å². The first kappa shape index (κ1) is 8.93. The Labute approximate surface area is 71.6 Å². The highest BCUT2D eigenvalue weighted by molar-refractivity contribution is 5.32. The molecule has 12 heavy (non-hydrogen) atoms. The molecule has 0 saturated carbocycles. The molecule has 66 valence electrons. The highest BCUT2D eigenvalue weighted by atomic mass is 16.3. The first-order valence-electron chi connectivity index (χ1n) is 3.98. The normalized spacial score (nSPS) is 12.5. The molecule has 1 atom stereocenters. The number of nitrogens with zero attached hydrogens (tertiary/aromatic N) is 2. The molecule has 1 heterocycles. The van der Waals surface area contributed by atoms with Gasteiger partial charge in [-0.2, -0.15) is 5.10 Å². The maximum atomic E-state index is 8.64. The van der Waals surface area contributed by atoms with Crippen molar-refractivity contribution in [3.8, 4) is 0 Å². The van der Waals surface area contributed by atoms with Crippen LogP contribution in [0.3, 0.4) is 0 Å². The zero-order valence-corrected chi connectivity index (χ0v) is 7.07. The van der Waals surface area contributed by atoms with Crippen LogP contribution in [0.25, 0.3) is 0 Å². The molecular formula is C8H13N3O. The van der Waals surface area contributed by atoms with Gasteiger partial charge in [0.05, 0.1) is 0 Å². The number of aliphatic hydroxyl groups excluding tert-OH is 1. The first-order chi connectivity index (χ1) is 5.83. The summed E-state index contributed by atoms with van der Waals surface area (Å²) >= 11 is 0. The van der Waals surface area contributed by atoms with E-state index in [4.69, 9.17) is 5.11 Å². The molecule has 0 aliphatic rings. The van der Waals surface area contributed by atoms with Crippen molar-refractivity contribution in [2.24, 2.45) is 0 Å². The van der Waals surface area contributed by atoms with Crippen LogP contribution in [0, 0.1) is 0 Å². The lowest BCUT2D eigenvalue weighted by molar-refractivity contribution is 0.282. The molecule has 0 saturated heterocycles. The number of hydrogen-bond acceptors (Lipinski definition) is 4. The molecule has 0 bridgehead atoms. The average molecular weight is 167 g/mol. The van der Waals surface area contributed by atoms with Crippen molar-refractivity contribution < 1.29 is 5.11 Å². The summed E-state index contributed by atoms with van der Waals surface area (Å²) in [6.07, 6.45) is 2.35. The molecule has 0 fully saturated rings. The monoisotopic (exact) mass is 167 g/mol. The van der Waals surface area contributed by atoms with E-state index < -0.39 is 0 Å². The van der Waals surface area contributed by atoms with Gasteiger partial charge in [-0.1, -0.05) is 0 Å². The number of aliphatic hydroxyl groups is 1. The van der Waals surface area contributed by atoms with Crippen molar-refractivity contribution in [2.45, 2.75) is 19.4 Å². The Morgan fingerprint density at radius 2 is 2.50 bits per heavy atom. The lowest BCUT2D eigenvalue weighted by Crippen LogP contribution is -2.17. The van der Waals surface area contributed by atoms with E-state index in [1.54, 1.807) is 6.20 Å². The van der Waals surface area contributed by atoms with Crippen molar-refractivity contribution in [3.63, 3.8) is 0 Å². The third-order valence-corrected chi connectivity index (χ3v) is 1.53. The van der Waals surface area contributed by atoms with Gasteiger partial charge in [0, 0.05) is 18.8 Å². The van der Waals surface area contributed by atoms with Gasteiger partial charge >= 0.3 is 0 Å². The number of hydrogen-bond donors (Lipinski definition) is 2. The minimum Gasteiger partial charge on any atom is -0.396 e. The fourth-order valence-electron chi connectivity index (χ4n) is 0.897. The van der Waals surface area contributed by atoms with Crippen LogP contribution >= 0.6 is 0 Å². The zero-order chi connectivity index (χ0) is 8.81. The maximum absolute atomic E-state index is 8.64. The lowest BCUT2D eigenvalue weighted by atomic mass is 10.2. The highest BCUT2D eigenvalue weighted by Crippen LogP contribution is 2.02. The van der Waals surface area contributed by atoms with Crippen molar-refractivity contribution in [1.82, 2.24) is 10.2 Å². The molecule has 1 unspecified atom stereocenters. The topological polar surface area (TPSA) is 58.0 Å². The Balaban J connectivity index is 2.41. The Kier molecular flexibility index (Phi) is 3.47. The van der Waals surface area contributed by atoms with Crippen LogP contribution in [0.1, 0.15) is 13.3 Å². The fraction of sp³-hybridized carbons (Fsp3) is 0.500. The second-order valence-electron chi connectivity index (χ2n) is 2.67. The summed E-state index contributed by atoms with van der Waals surface area (Å²) in [4.78, 5) is 0. The van der Waals surface area contributed by atoms with Crippen molar-refractivity contribution in [3.05, 3.63) is 18.3 Å². The largest absolute Gasteiger partial charge is 0.396 e. The second kappa shape index (κ2) is 4.66. The van der Waals surface area contributed by atoms with Gasteiger partial charge in [0.25, 0.3) is 0 Å². The molecule has 4 nitrogen and oxygen atoms in total. The van der Waals surface area contributed by atoms with Gasteiger partial charge in [-0.15, -0.1) is 5.10 Å². The van der Waals surface area contributed by atoms with Gasteiger partial charge < -0.3 is 10.4 Å². The Morgan fingerprint density at radius 1 is 1.67 bits per heavy atom. The van der Waals surface area contributed by atoms with Gasteiger partial charge in [0.2, 0.25) is 0 Å². The van der Waals surface area contributed by atoms with Crippen LogP contribution in [-0.2, 0) is 0 Å². The molecule has 0 radical (unpaired) electrons. The fourth-order valence-corrected chi connectivity index (χ4v) is 0.897. The minimum absolute atomic E-state index is 0.189. The van der Waals surface area contributed by atoms with Crippen LogP contribution in [0.2, 0.25) is 0 Å². The number of nitrogens with one attached hydrogen (secondary N) is 1. The summed E-state index contributed by atoms with van der Waals surface area (Å²) in [5.74, 6) is 0.749. The Morgan fingerprint density at radius 3 is 3.08 bits per heavy atom. The van der Waals surface area contributed by atoms with Crippen LogP contribution in [0.4, 0.5) is 5.82 Å². The van der Waals surface area contributed by atoms with E-state index in [0.717, 1.165) is 12.2 Å². The molecular weight excluding hydrogens is 154 g/mol. The standard InChI is InChI=1S/C8H13N3O/c1-7(4-6-12)10-8-3-2-5-9-11-8/h2-3,5,7,12H,4,6H2,1H3,(H,10,11). The Hall–Kier alpha value is -1.16. The van der Waals surface area contributed by atoms with Gasteiger partial charge in [0.15, 0.2) is 0 Å². The quantitative estimate of drug-likeness (QED) is 0.691. The van der Waals surface area contributed by atoms with Gasteiger partial charge in [-0.05, 0) is 25.5 Å². The maximum Gasteiger partial charge on any atom is 0.148 e. The summed E-state index contributed by atoms with van der Waals surface area (Å²) in [5.41, 5.74) is 0. The van der Waals surface area contributed by atoms with E-state index in [1.807, 2.05) is 19.1 Å². The van der Waals surface area contributed by atoms with Gasteiger partial charge in [-0.3, -0.25) is 0 Å². The van der Waals surface area contributed by atoms with Crippen LogP contribution in [0.5, 0.6) is 0 Å². The molecule has 0 aromatic carbocycles. The summed E-state index contributed by atoms with van der Waals surface area (Å²) in [6, 6.07) is 3.90. The SMILES string of the molecule is CC(CCO)Nc1cccnn1. The molecule has 1 aromatic rings. The second-order valence-corrected chi connectivity index (χ2v) is 2.67. The van der Waals surface area contributed by atoms with E-state index >= 15 is 0 Å². The number of aromatic nitrogens is 2. The third kappa shape index (κ3) is 2.84. The van der Waals surface area contributed by atoms with E-state index in [9.17, 15) is 0 Å². The number of rotatable bonds is 4. The lowest BCUT2D eigenvalue weighted by Gasteiger charge is -2.11. The predicted molar refractivity (Wildman–Crippen MR) is 46.8 cm³/mol. The van der Waals surface area contributed by atoms with E-state index in [2.05, 4.69) is 15.5 Å². The molecule has 1 rings (SSSR count). The highest BCUT2D eigenvalue weighted by Gasteiger charge is 2.00. The van der Waals surface area contributed by atoms with Crippen molar-refractivity contribution >= 4 is 5.82 Å². The molecule has 0 amide bonds. The molecule has 0 spiro atoms. The van der Waals surface area contributed by atoms with Crippen molar-refractivity contribution in [1.29, 1.82) is 0 Å². The first-order valence-corrected chi connectivity index (χ1v) is 3.98. The van der Waals surface area contributed by atoms with E-state index in [1.165, 1.54) is 0 Å². The van der Waals surface area contributed by atoms with Gasteiger partial charge in [0.1, 0.15) is 5.82 Å².